The van der Waals surface area contributed by atoms with Gasteiger partial charge in [0.05, 0.1) is 11.1 Å². The molecule has 0 aliphatic carbocycles. The number of rotatable bonds is 2. The Kier molecular flexibility index (Phi) is 4.05. The van der Waals surface area contributed by atoms with Gasteiger partial charge in [0.15, 0.2) is 5.76 Å². The van der Waals surface area contributed by atoms with Crippen molar-refractivity contribution in [1.82, 2.24) is 9.80 Å². The van der Waals surface area contributed by atoms with Crippen LogP contribution in [0.3, 0.4) is 0 Å². The number of carbonyl (C=O) groups excluding carboxylic acids is 2. The summed E-state index contributed by atoms with van der Waals surface area (Å²) in [6.07, 6.45) is 1.50. The Morgan fingerprint density at radius 3 is 2.28 bits per heavy atom. The minimum absolute atomic E-state index is 0.0591. The van der Waals surface area contributed by atoms with Gasteiger partial charge in [-0.15, -0.1) is 11.3 Å². The zero-order valence-corrected chi connectivity index (χ0v) is 14.7. The summed E-state index contributed by atoms with van der Waals surface area (Å²) >= 11 is 1.54. The molecule has 5 nitrogen and oxygen atoms in total. The molecule has 0 atom stereocenters. The summed E-state index contributed by atoms with van der Waals surface area (Å²) in [5.74, 6) is 0.291. The first-order valence-corrected chi connectivity index (χ1v) is 9.07. The minimum atomic E-state index is -0.116. The van der Waals surface area contributed by atoms with E-state index in [2.05, 4.69) is 6.07 Å². The largest absolute Gasteiger partial charge is 0.459 e. The van der Waals surface area contributed by atoms with E-state index in [4.69, 9.17) is 4.42 Å². The molecule has 1 aliphatic heterocycles. The van der Waals surface area contributed by atoms with E-state index >= 15 is 0 Å². The summed E-state index contributed by atoms with van der Waals surface area (Å²) in [5, 5.41) is 1.14. The highest BCUT2D eigenvalue weighted by atomic mass is 32.1. The molecule has 0 bridgehead atoms. The van der Waals surface area contributed by atoms with Gasteiger partial charge in [0.2, 0.25) is 0 Å². The van der Waals surface area contributed by atoms with Crippen LogP contribution in [0.2, 0.25) is 0 Å². The molecule has 0 saturated carbocycles. The molecule has 128 valence electrons. The number of thiophene rings is 1. The van der Waals surface area contributed by atoms with Crippen LogP contribution < -0.4 is 0 Å². The van der Waals surface area contributed by atoms with Crippen molar-refractivity contribution in [2.45, 2.75) is 6.92 Å². The molecular weight excluding hydrogens is 336 g/mol. The molecule has 2 aromatic heterocycles. The molecule has 1 aromatic carbocycles. The number of piperazine rings is 1. The predicted molar refractivity (Wildman–Crippen MR) is 97.1 cm³/mol. The number of nitrogens with zero attached hydrogens (tertiary/aromatic N) is 2. The van der Waals surface area contributed by atoms with Crippen LogP contribution in [-0.4, -0.2) is 47.8 Å². The lowest BCUT2D eigenvalue weighted by atomic mass is 10.1. The molecule has 1 fully saturated rings. The van der Waals surface area contributed by atoms with E-state index in [-0.39, 0.29) is 11.8 Å². The van der Waals surface area contributed by atoms with Crippen LogP contribution in [-0.2, 0) is 0 Å². The van der Waals surface area contributed by atoms with Crippen molar-refractivity contribution in [3.8, 4) is 0 Å². The molecule has 1 saturated heterocycles. The lowest BCUT2D eigenvalue weighted by Crippen LogP contribution is -2.50. The van der Waals surface area contributed by atoms with Crippen molar-refractivity contribution in [2.75, 3.05) is 26.2 Å². The fraction of sp³-hybridized carbons (Fsp3) is 0.263. The number of furan rings is 1. The fourth-order valence-corrected chi connectivity index (χ4v) is 4.37. The summed E-state index contributed by atoms with van der Waals surface area (Å²) in [6, 6.07) is 11.5. The van der Waals surface area contributed by atoms with Crippen LogP contribution in [0, 0.1) is 6.92 Å². The monoisotopic (exact) mass is 354 g/mol. The second-order valence-corrected chi connectivity index (χ2v) is 7.17. The maximum Gasteiger partial charge on any atom is 0.289 e. The topological polar surface area (TPSA) is 53.8 Å². The van der Waals surface area contributed by atoms with Gasteiger partial charge in [-0.05, 0) is 36.1 Å². The number of benzene rings is 1. The van der Waals surface area contributed by atoms with Gasteiger partial charge in [0.25, 0.3) is 11.8 Å². The summed E-state index contributed by atoms with van der Waals surface area (Å²) in [5.41, 5.74) is 1.04. The molecule has 1 aliphatic rings. The minimum Gasteiger partial charge on any atom is -0.459 e. The normalized spacial score (nSPS) is 14.9. The molecule has 6 heteroatoms. The average Bonchev–Trinajstić information content (AvgIpc) is 3.30. The molecule has 0 unspecified atom stereocenters. The molecular formula is C19H18N2O3S. The Balaban J connectivity index is 1.47. The third-order valence-electron chi connectivity index (χ3n) is 4.62. The van der Waals surface area contributed by atoms with Crippen molar-refractivity contribution in [3.05, 3.63) is 58.9 Å². The van der Waals surface area contributed by atoms with E-state index in [0.717, 1.165) is 20.5 Å². The Labute approximate surface area is 149 Å². The number of fused-ring (bicyclic) bond motifs is 1. The Bertz CT molecular complexity index is 921. The van der Waals surface area contributed by atoms with E-state index in [9.17, 15) is 9.59 Å². The molecule has 0 radical (unpaired) electrons. The zero-order chi connectivity index (χ0) is 17.4. The third kappa shape index (κ3) is 2.82. The van der Waals surface area contributed by atoms with E-state index in [1.54, 1.807) is 28.4 Å². The number of amides is 2. The number of hydrogen-bond donors (Lipinski definition) is 0. The fourth-order valence-electron chi connectivity index (χ4n) is 3.19. The van der Waals surface area contributed by atoms with Crippen molar-refractivity contribution in [3.63, 3.8) is 0 Å². The smallest absolute Gasteiger partial charge is 0.289 e. The first-order valence-electron chi connectivity index (χ1n) is 8.25. The van der Waals surface area contributed by atoms with Crippen LogP contribution >= 0.6 is 11.3 Å². The molecule has 0 N–H and O–H groups in total. The number of aryl methyl sites for hydroxylation is 1. The van der Waals surface area contributed by atoms with Gasteiger partial charge in [-0.2, -0.15) is 0 Å². The van der Waals surface area contributed by atoms with Crippen LogP contribution in [0.15, 0.2) is 47.1 Å². The molecule has 4 rings (SSSR count). The lowest BCUT2D eigenvalue weighted by molar-refractivity contribution is 0.0520. The second-order valence-electron chi connectivity index (χ2n) is 6.11. The molecule has 0 spiro atoms. The predicted octanol–water partition coefficient (Wildman–Crippen LogP) is 3.40. The average molecular weight is 354 g/mol. The van der Waals surface area contributed by atoms with Crippen molar-refractivity contribution < 1.29 is 14.0 Å². The molecule has 2 amide bonds. The second kappa shape index (κ2) is 6.37. The summed E-state index contributed by atoms with van der Waals surface area (Å²) in [6.45, 7) is 4.13. The van der Waals surface area contributed by atoms with Crippen molar-refractivity contribution in [2.24, 2.45) is 0 Å². The third-order valence-corrected chi connectivity index (χ3v) is 5.88. The standard InChI is InChI=1S/C19H18N2O3S/c1-13-14-5-2-3-7-16(14)25-17(13)19(23)21-10-8-20(9-11-21)18(22)15-6-4-12-24-15/h2-7,12H,8-11H2,1H3. The highest BCUT2D eigenvalue weighted by Crippen LogP contribution is 2.31. The number of hydrogen-bond acceptors (Lipinski definition) is 4. The van der Waals surface area contributed by atoms with Gasteiger partial charge < -0.3 is 14.2 Å². The van der Waals surface area contributed by atoms with Gasteiger partial charge in [0, 0.05) is 30.9 Å². The van der Waals surface area contributed by atoms with E-state index in [1.165, 1.54) is 6.26 Å². The summed E-state index contributed by atoms with van der Waals surface area (Å²) < 4.78 is 6.31. The molecule has 25 heavy (non-hydrogen) atoms. The van der Waals surface area contributed by atoms with Crippen LogP contribution in [0.5, 0.6) is 0 Å². The van der Waals surface area contributed by atoms with Crippen molar-refractivity contribution in [1.29, 1.82) is 0 Å². The van der Waals surface area contributed by atoms with Gasteiger partial charge in [-0.3, -0.25) is 9.59 Å². The highest BCUT2D eigenvalue weighted by Gasteiger charge is 2.28. The zero-order valence-electron chi connectivity index (χ0n) is 13.9. The van der Waals surface area contributed by atoms with Gasteiger partial charge in [-0.25, -0.2) is 0 Å². The van der Waals surface area contributed by atoms with Gasteiger partial charge in [-0.1, -0.05) is 18.2 Å². The van der Waals surface area contributed by atoms with Crippen LogP contribution in [0.4, 0.5) is 0 Å². The SMILES string of the molecule is Cc1c(C(=O)N2CCN(C(=O)c3ccco3)CC2)sc2ccccc12. The maximum atomic E-state index is 12.9. The summed E-state index contributed by atoms with van der Waals surface area (Å²) in [7, 11) is 0. The Hall–Kier alpha value is -2.60. The van der Waals surface area contributed by atoms with Gasteiger partial charge in [0.1, 0.15) is 0 Å². The van der Waals surface area contributed by atoms with Crippen molar-refractivity contribution >= 4 is 33.2 Å². The molecule has 3 heterocycles. The lowest BCUT2D eigenvalue weighted by Gasteiger charge is -2.34. The van der Waals surface area contributed by atoms with E-state index < -0.39 is 0 Å². The molecule has 3 aromatic rings. The summed E-state index contributed by atoms with van der Waals surface area (Å²) in [4.78, 5) is 29.6. The van der Waals surface area contributed by atoms with E-state index in [1.807, 2.05) is 30.0 Å². The van der Waals surface area contributed by atoms with Gasteiger partial charge >= 0.3 is 0 Å². The Morgan fingerprint density at radius 2 is 1.64 bits per heavy atom. The highest BCUT2D eigenvalue weighted by molar-refractivity contribution is 7.21. The Morgan fingerprint density at radius 1 is 0.960 bits per heavy atom. The number of carbonyl (C=O) groups is 2. The maximum absolute atomic E-state index is 12.9. The van der Waals surface area contributed by atoms with E-state index in [0.29, 0.717) is 31.9 Å². The first-order chi connectivity index (χ1) is 12.1. The van der Waals surface area contributed by atoms with Crippen LogP contribution in [0.25, 0.3) is 10.1 Å². The first kappa shape index (κ1) is 15.9. The quantitative estimate of drug-likeness (QED) is 0.709. The van der Waals surface area contributed by atoms with Crippen LogP contribution in [0.1, 0.15) is 25.8 Å².